The average molecular weight is 384 g/mol. The number of rotatable bonds is 6. The molecule has 3 rings (SSSR count). The normalized spacial score (nSPS) is 15.1. The molecule has 9 heteroatoms. The predicted octanol–water partition coefficient (Wildman–Crippen LogP) is 2.38. The fraction of sp³-hybridized carbons (Fsp3) is 0.250. The zero-order valence-electron chi connectivity index (χ0n) is 13.4. The molecule has 0 spiro atoms. The molecule has 2 N–H and O–H groups in total. The predicted molar refractivity (Wildman–Crippen MR) is 91.7 cm³/mol. The highest BCUT2D eigenvalue weighted by molar-refractivity contribution is 7.93. The molecule has 25 heavy (non-hydrogen) atoms. The molecule has 1 aliphatic carbocycles. The lowest BCUT2D eigenvalue weighted by atomic mass is 10.2. The van der Waals surface area contributed by atoms with E-state index < -0.39 is 25.9 Å². The summed E-state index contributed by atoms with van der Waals surface area (Å²) in [4.78, 5) is -0.405. The van der Waals surface area contributed by atoms with Crippen LogP contribution < -0.4 is 9.44 Å². The van der Waals surface area contributed by atoms with Crippen molar-refractivity contribution in [3.63, 3.8) is 0 Å². The van der Waals surface area contributed by atoms with Gasteiger partial charge in [0.1, 0.15) is 5.82 Å². The van der Waals surface area contributed by atoms with Crippen molar-refractivity contribution in [1.29, 1.82) is 0 Å². The Labute approximate surface area is 146 Å². The molecule has 0 bridgehead atoms. The van der Waals surface area contributed by atoms with E-state index in [4.69, 9.17) is 0 Å². The Balaban J connectivity index is 1.91. The maximum Gasteiger partial charge on any atom is 0.262 e. The first-order valence-electron chi connectivity index (χ1n) is 7.59. The molecule has 134 valence electrons. The van der Waals surface area contributed by atoms with Crippen molar-refractivity contribution in [3.8, 4) is 0 Å². The van der Waals surface area contributed by atoms with Gasteiger partial charge in [-0.15, -0.1) is 0 Å². The van der Waals surface area contributed by atoms with E-state index in [1.165, 1.54) is 30.3 Å². The minimum Gasteiger partial charge on any atom is -0.277 e. The monoisotopic (exact) mass is 384 g/mol. The van der Waals surface area contributed by atoms with Crippen LogP contribution in [0.25, 0.3) is 0 Å². The third kappa shape index (κ3) is 4.17. The highest BCUT2D eigenvalue weighted by atomic mass is 32.2. The Kier molecular flexibility index (Phi) is 4.56. The summed E-state index contributed by atoms with van der Waals surface area (Å²) in [5.41, 5.74) is 0.453. The zero-order valence-corrected chi connectivity index (χ0v) is 15.0. The summed E-state index contributed by atoms with van der Waals surface area (Å²) in [6.45, 7) is 1.68. The first kappa shape index (κ1) is 17.8. The largest absolute Gasteiger partial charge is 0.277 e. The SMILES string of the molecule is Cc1ccc(NS(=O)(=O)c2cccc(S(=O)(=O)NC3CC3)c2)c(F)c1. The van der Waals surface area contributed by atoms with Crippen molar-refractivity contribution in [1.82, 2.24) is 4.72 Å². The third-order valence-corrected chi connectivity index (χ3v) is 6.58. The Morgan fingerprint density at radius 2 is 1.60 bits per heavy atom. The van der Waals surface area contributed by atoms with Gasteiger partial charge in [-0.25, -0.2) is 25.9 Å². The van der Waals surface area contributed by atoms with Gasteiger partial charge < -0.3 is 0 Å². The molecule has 2 aromatic carbocycles. The number of anilines is 1. The lowest BCUT2D eigenvalue weighted by Crippen LogP contribution is -2.26. The van der Waals surface area contributed by atoms with Crippen molar-refractivity contribution in [2.45, 2.75) is 35.6 Å². The van der Waals surface area contributed by atoms with Gasteiger partial charge in [-0.05, 0) is 55.7 Å². The molecule has 0 unspecified atom stereocenters. The zero-order chi connectivity index (χ0) is 18.2. The maximum absolute atomic E-state index is 13.9. The fourth-order valence-corrected chi connectivity index (χ4v) is 4.74. The van der Waals surface area contributed by atoms with Crippen molar-refractivity contribution in [2.75, 3.05) is 4.72 Å². The Morgan fingerprint density at radius 3 is 2.20 bits per heavy atom. The number of nitrogens with one attached hydrogen (secondary N) is 2. The van der Waals surface area contributed by atoms with E-state index in [2.05, 4.69) is 9.44 Å². The van der Waals surface area contributed by atoms with Crippen molar-refractivity contribution in [2.24, 2.45) is 0 Å². The van der Waals surface area contributed by atoms with E-state index in [0.29, 0.717) is 5.56 Å². The maximum atomic E-state index is 13.9. The van der Waals surface area contributed by atoms with Gasteiger partial charge in [0.05, 0.1) is 15.5 Å². The van der Waals surface area contributed by atoms with Crippen LogP contribution in [0.1, 0.15) is 18.4 Å². The first-order valence-corrected chi connectivity index (χ1v) is 10.6. The molecule has 0 aromatic heterocycles. The summed E-state index contributed by atoms with van der Waals surface area (Å²) in [5, 5.41) is 0. The van der Waals surface area contributed by atoms with E-state index in [-0.39, 0.29) is 21.5 Å². The second kappa shape index (κ2) is 6.40. The molecule has 0 saturated heterocycles. The summed E-state index contributed by atoms with van der Waals surface area (Å²) in [6.07, 6.45) is 1.54. The van der Waals surface area contributed by atoms with E-state index in [1.54, 1.807) is 13.0 Å². The summed E-state index contributed by atoms with van der Waals surface area (Å²) < 4.78 is 67.9. The average Bonchev–Trinajstić information content (AvgIpc) is 3.33. The number of aryl methyl sites for hydroxylation is 1. The molecular formula is C16H17FN2O4S2. The molecule has 6 nitrogen and oxygen atoms in total. The van der Waals surface area contributed by atoms with Crippen LogP contribution >= 0.6 is 0 Å². The Hall–Kier alpha value is -1.97. The van der Waals surface area contributed by atoms with Crippen LogP contribution in [0.5, 0.6) is 0 Å². The van der Waals surface area contributed by atoms with Crippen LogP contribution in [0, 0.1) is 12.7 Å². The number of halogens is 1. The van der Waals surface area contributed by atoms with Crippen LogP contribution in [0.3, 0.4) is 0 Å². The van der Waals surface area contributed by atoms with Crippen LogP contribution in [0.4, 0.5) is 10.1 Å². The minimum atomic E-state index is -4.13. The molecule has 0 aliphatic heterocycles. The van der Waals surface area contributed by atoms with Gasteiger partial charge >= 0.3 is 0 Å². The van der Waals surface area contributed by atoms with Gasteiger partial charge in [0.15, 0.2) is 0 Å². The molecule has 0 amide bonds. The second-order valence-corrected chi connectivity index (χ2v) is 9.36. The van der Waals surface area contributed by atoms with Crippen LogP contribution in [0.2, 0.25) is 0 Å². The lowest BCUT2D eigenvalue weighted by Gasteiger charge is -2.11. The van der Waals surface area contributed by atoms with E-state index in [0.717, 1.165) is 18.9 Å². The van der Waals surface area contributed by atoms with Gasteiger partial charge in [0.2, 0.25) is 10.0 Å². The van der Waals surface area contributed by atoms with Crippen molar-refractivity contribution < 1.29 is 21.2 Å². The quantitative estimate of drug-likeness (QED) is 0.800. The molecule has 2 aromatic rings. The van der Waals surface area contributed by atoms with E-state index in [1.807, 2.05) is 0 Å². The summed E-state index contributed by atoms with van der Waals surface area (Å²) in [7, 11) is -7.91. The highest BCUT2D eigenvalue weighted by Crippen LogP contribution is 2.24. The summed E-state index contributed by atoms with van der Waals surface area (Å²) in [5.74, 6) is -0.706. The molecule has 1 saturated carbocycles. The molecule has 0 radical (unpaired) electrons. The molecule has 0 heterocycles. The van der Waals surface area contributed by atoms with Gasteiger partial charge in [-0.3, -0.25) is 4.72 Å². The Morgan fingerprint density at radius 1 is 0.960 bits per heavy atom. The van der Waals surface area contributed by atoms with Crippen molar-refractivity contribution in [3.05, 3.63) is 53.8 Å². The van der Waals surface area contributed by atoms with Gasteiger partial charge in [0, 0.05) is 6.04 Å². The summed E-state index contributed by atoms with van der Waals surface area (Å²) >= 11 is 0. The minimum absolute atomic E-state index is 0.0926. The highest BCUT2D eigenvalue weighted by Gasteiger charge is 2.28. The van der Waals surface area contributed by atoms with Gasteiger partial charge in [0.25, 0.3) is 10.0 Å². The second-order valence-electron chi connectivity index (χ2n) is 5.96. The van der Waals surface area contributed by atoms with Gasteiger partial charge in [-0.1, -0.05) is 12.1 Å². The van der Waals surface area contributed by atoms with E-state index in [9.17, 15) is 21.2 Å². The van der Waals surface area contributed by atoms with Crippen LogP contribution in [-0.4, -0.2) is 22.9 Å². The number of benzene rings is 2. The third-order valence-electron chi connectivity index (χ3n) is 3.69. The molecule has 0 atom stereocenters. The number of sulfonamides is 2. The smallest absolute Gasteiger partial charge is 0.262 e. The fourth-order valence-electron chi connectivity index (χ4n) is 2.20. The number of hydrogen-bond acceptors (Lipinski definition) is 4. The molecular weight excluding hydrogens is 367 g/mol. The topological polar surface area (TPSA) is 92.3 Å². The van der Waals surface area contributed by atoms with E-state index >= 15 is 0 Å². The first-order chi connectivity index (χ1) is 11.7. The number of hydrogen-bond donors (Lipinski definition) is 2. The van der Waals surface area contributed by atoms with Crippen LogP contribution in [0.15, 0.2) is 52.3 Å². The Bertz CT molecular complexity index is 1020. The van der Waals surface area contributed by atoms with Crippen LogP contribution in [-0.2, 0) is 20.0 Å². The molecule has 1 fully saturated rings. The summed E-state index contributed by atoms with van der Waals surface area (Å²) in [6, 6.07) is 8.96. The standard InChI is InChI=1S/C16H17FN2O4S2/c1-11-5-8-16(15(17)9-11)19-25(22,23)14-4-2-3-13(10-14)24(20,21)18-12-6-7-12/h2-5,8-10,12,18-19H,6-7H2,1H3. The van der Waals surface area contributed by atoms with Gasteiger partial charge in [-0.2, -0.15) is 0 Å². The van der Waals surface area contributed by atoms with Crippen molar-refractivity contribution >= 4 is 25.7 Å². The lowest BCUT2D eigenvalue weighted by molar-refractivity contribution is 0.580. The molecule has 1 aliphatic rings.